The first kappa shape index (κ1) is 10.2. The molecule has 4 nitrogen and oxygen atoms in total. The van der Waals surface area contributed by atoms with Crippen molar-refractivity contribution in [1.82, 2.24) is 5.16 Å². The van der Waals surface area contributed by atoms with Gasteiger partial charge in [0, 0.05) is 11.6 Å². The Morgan fingerprint density at radius 1 is 1.77 bits per heavy atom. The summed E-state index contributed by atoms with van der Waals surface area (Å²) in [4.78, 5) is 0. The predicted molar refractivity (Wildman–Crippen MR) is 49.1 cm³/mol. The molecule has 2 atom stereocenters. The van der Waals surface area contributed by atoms with Crippen LogP contribution < -0.4 is 5.73 Å². The number of nitrogens with two attached hydrogens (primary N) is 1. The van der Waals surface area contributed by atoms with Crippen LogP contribution in [0, 0.1) is 6.92 Å². The molecule has 0 aliphatic carbocycles. The second-order valence-corrected chi connectivity index (χ2v) is 3.50. The summed E-state index contributed by atoms with van der Waals surface area (Å²) >= 11 is 0. The van der Waals surface area contributed by atoms with E-state index < -0.39 is 5.60 Å². The highest BCUT2D eigenvalue weighted by Crippen LogP contribution is 2.27. The fourth-order valence-corrected chi connectivity index (χ4v) is 1.35. The van der Waals surface area contributed by atoms with Gasteiger partial charge in [-0.05, 0) is 20.3 Å². The van der Waals surface area contributed by atoms with Gasteiger partial charge in [-0.2, -0.15) is 0 Å². The SMILES string of the molecule is CCC(N)C(C)(O)c1oncc1C. The van der Waals surface area contributed by atoms with Crippen molar-refractivity contribution >= 4 is 0 Å². The van der Waals surface area contributed by atoms with E-state index in [9.17, 15) is 5.11 Å². The van der Waals surface area contributed by atoms with Crippen LogP contribution in [0.3, 0.4) is 0 Å². The number of aliphatic hydroxyl groups is 1. The highest BCUT2D eigenvalue weighted by molar-refractivity contribution is 5.19. The van der Waals surface area contributed by atoms with E-state index in [1.165, 1.54) is 0 Å². The topological polar surface area (TPSA) is 72.3 Å². The Kier molecular flexibility index (Phi) is 2.73. The Labute approximate surface area is 77.7 Å². The third-order valence-electron chi connectivity index (χ3n) is 2.37. The Balaban J connectivity index is 2.99. The minimum atomic E-state index is -1.13. The maximum Gasteiger partial charge on any atom is 0.172 e. The van der Waals surface area contributed by atoms with Crippen molar-refractivity contribution in [2.75, 3.05) is 0 Å². The van der Waals surface area contributed by atoms with Crippen LogP contribution in [-0.2, 0) is 5.60 Å². The summed E-state index contributed by atoms with van der Waals surface area (Å²) in [6.07, 6.45) is 2.26. The average Bonchev–Trinajstić information content (AvgIpc) is 2.50. The van der Waals surface area contributed by atoms with Crippen LogP contribution in [-0.4, -0.2) is 16.3 Å². The minimum Gasteiger partial charge on any atom is -0.380 e. The Hall–Kier alpha value is -0.870. The summed E-state index contributed by atoms with van der Waals surface area (Å²) < 4.78 is 4.97. The van der Waals surface area contributed by atoms with Gasteiger partial charge >= 0.3 is 0 Å². The van der Waals surface area contributed by atoms with E-state index in [-0.39, 0.29) is 6.04 Å². The second-order valence-electron chi connectivity index (χ2n) is 3.50. The molecule has 0 aromatic carbocycles. The molecule has 0 saturated carbocycles. The van der Waals surface area contributed by atoms with Crippen LogP contribution in [0.2, 0.25) is 0 Å². The summed E-state index contributed by atoms with van der Waals surface area (Å²) in [6.45, 7) is 5.40. The normalized spacial score (nSPS) is 18.2. The van der Waals surface area contributed by atoms with Crippen molar-refractivity contribution in [1.29, 1.82) is 0 Å². The monoisotopic (exact) mass is 184 g/mol. The van der Waals surface area contributed by atoms with Gasteiger partial charge in [0.15, 0.2) is 5.76 Å². The molecule has 0 amide bonds. The van der Waals surface area contributed by atoms with Gasteiger partial charge in [-0.15, -0.1) is 0 Å². The zero-order chi connectivity index (χ0) is 10.1. The van der Waals surface area contributed by atoms with Crippen molar-refractivity contribution in [3.05, 3.63) is 17.5 Å². The quantitative estimate of drug-likeness (QED) is 0.733. The molecule has 0 aliphatic rings. The predicted octanol–water partition coefficient (Wildman–Crippen LogP) is 0.928. The smallest absolute Gasteiger partial charge is 0.172 e. The largest absolute Gasteiger partial charge is 0.380 e. The van der Waals surface area contributed by atoms with Gasteiger partial charge in [0.25, 0.3) is 0 Å². The summed E-state index contributed by atoms with van der Waals surface area (Å²) in [6, 6.07) is -0.334. The molecule has 4 heteroatoms. The fraction of sp³-hybridized carbons (Fsp3) is 0.667. The molecular formula is C9H16N2O2. The van der Waals surface area contributed by atoms with Crippen LogP contribution in [0.5, 0.6) is 0 Å². The zero-order valence-electron chi connectivity index (χ0n) is 8.24. The minimum absolute atomic E-state index is 0.334. The van der Waals surface area contributed by atoms with Gasteiger partial charge in [-0.1, -0.05) is 12.1 Å². The molecule has 0 radical (unpaired) electrons. The lowest BCUT2D eigenvalue weighted by atomic mass is 9.90. The van der Waals surface area contributed by atoms with E-state index >= 15 is 0 Å². The lowest BCUT2D eigenvalue weighted by molar-refractivity contribution is 0.00105. The molecule has 0 bridgehead atoms. The Bertz CT molecular complexity index is 281. The highest BCUT2D eigenvalue weighted by Gasteiger charge is 2.35. The van der Waals surface area contributed by atoms with Gasteiger partial charge < -0.3 is 15.4 Å². The third kappa shape index (κ3) is 1.73. The second kappa shape index (κ2) is 3.47. The molecule has 74 valence electrons. The highest BCUT2D eigenvalue weighted by atomic mass is 16.5. The van der Waals surface area contributed by atoms with Gasteiger partial charge in [0.1, 0.15) is 5.60 Å². The molecule has 0 fully saturated rings. The molecule has 3 N–H and O–H groups in total. The van der Waals surface area contributed by atoms with E-state index in [0.29, 0.717) is 12.2 Å². The number of aryl methyl sites for hydroxylation is 1. The van der Waals surface area contributed by atoms with Crippen LogP contribution in [0.25, 0.3) is 0 Å². The summed E-state index contributed by atoms with van der Waals surface area (Å²) in [7, 11) is 0. The Morgan fingerprint density at radius 2 is 2.38 bits per heavy atom. The Morgan fingerprint density at radius 3 is 2.77 bits per heavy atom. The van der Waals surface area contributed by atoms with Crippen molar-refractivity contribution in [2.24, 2.45) is 5.73 Å². The molecule has 1 heterocycles. The van der Waals surface area contributed by atoms with Crippen LogP contribution >= 0.6 is 0 Å². The lowest BCUT2D eigenvalue weighted by Crippen LogP contribution is -2.42. The third-order valence-corrected chi connectivity index (χ3v) is 2.37. The van der Waals surface area contributed by atoms with E-state index in [2.05, 4.69) is 5.16 Å². The first-order chi connectivity index (χ1) is 6.00. The van der Waals surface area contributed by atoms with Crippen molar-refractivity contribution in [2.45, 2.75) is 38.8 Å². The number of rotatable bonds is 3. The van der Waals surface area contributed by atoms with Gasteiger partial charge in [0.2, 0.25) is 0 Å². The van der Waals surface area contributed by atoms with Gasteiger partial charge in [-0.25, -0.2) is 0 Å². The van der Waals surface area contributed by atoms with Crippen molar-refractivity contribution < 1.29 is 9.63 Å². The maximum atomic E-state index is 10.1. The molecule has 13 heavy (non-hydrogen) atoms. The van der Waals surface area contributed by atoms with Crippen LogP contribution in [0.15, 0.2) is 10.7 Å². The molecule has 1 rings (SSSR count). The molecule has 0 aliphatic heterocycles. The number of hydrogen-bond acceptors (Lipinski definition) is 4. The number of hydrogen-bond donors (Lipinski definition) is 2. The van der Waals surface area contributed by atoms with Crippen molar-refractivity contribution in [3.8, 4) is 0 Å². The molecule has 1 aromatic rings. The van der Waals surface area contributed by atoms with E-state index in [0.717, 1.165) is 5.56 Å². The number of aromatic nitrogens is 1. The number of nitrogens with zero attached hydrogens (tertiary/aromatic N) is 1. The first-order valence-corrected chi connectivity index (χ1v) is 4.39. The van der Waals surface area contributed by atoms with Crippen LogP contribution in [0.4, 0.5) is 0 Å². The van der Waals surface area contributed by atoms with Gasteiger partial charge in [-0.3, -0.25) is 0 Å². The molecule has 0 spiro atoms. The molecule has 2 unspecified atom stereocenters. The average molecular weight is 184 g/mol. The van der Waals surface area contributed by atoms with Gasteiger partial charge in [0.05, 0.1) is 6.20 Å². The van der Waals surface area contributed by atoms with E-state index in [1.54, 1.807) is 13.1 Å². The van der Waals surface area contributed by atoms with E-state index in [4.69, 9.17) is 10.3 Å². The zero-order valence-corrected chi connectivity index (χ0v) is 8.24. The summed E-state index contributed by atoms with van der Waals surface area (Å²) in [5, 5.41) is 13.7. The van der Waals surface area contributed by atoms with E-state index in [1.807, 2.05) is 13.8 Å². The maximum absolute atomic E-state index is 10.1. The molecular weight excluding hydrogens is 168 g/mol. The lowest BCUT2D eigenvalue weighted by Gasteiger charge is -2.27. The summed E-state index contributed by atoms with van der Waals surface area (Å²) in [5.41, 5.74) is 5.47. The fourth-order valence-electron chi connectivity index (χ4n) is 1.35. The molecule has 1 aromatic heterocycles. The standard InChI is InChI=1S/C9H16N2O2/c1-4-7(10)9(3,12)8-6(2)5-11-13-8/h5,7,12H,4,10H2,1-3H3. The summed E-state index contributed by atoms with van der Waals surface area (Å²) in [5.74, 6) is 0.460. The van der Waals surface area contributed by atoms with Crippen LogP contribution in [0.1, 0.15) is 31.6 Å². The first-order valence-electron chi connectivity index (χ1n) is 4.39. The van der Waals surface area contributed by atoms with Crippen molar-refractivity contribution in [3.63, 3.8) is 0 Å². The molecule has 0 saturated heterocycles.